The van der Waals surface area contributed by atoms with Crippen LogP contribution in [0.15, 0.2) is 46.2 Å². The maximum Gasteiger partial charge on any atom is 0.161 e. The minimum absolute atomic E-state index is 0.143. The van der Waals surface area contributed by atoms with E-state index >= 15 is 0 Å². The Balaban J connectivity index is 2.41. The van der Waals surface area contributed by atoms with Gasteiger partial charge in [0, 0.05) is 20.4 Å². The number of rotatable bonds is 3. The van der Waals surface area contributed by atoms with Crippen molar-refractivity contribution in [2.45, 2.75) is 23.6 Å². The van der Waals surface area contributed by atoms with E-state index in [9.17, 15) is 9.18 Å². The second-order valence-corrected chi connectivity index (χ2v) is 5.76. The summed E-state index contributed by atoms with van der Waals surface area (Å²) >= 11 is 7.26. The molecule has 4 heteroatoms. The second kappa shape index (κ2) is 5.76. The molecular weight excluding hydrogens is 283 g/mol. The van der Waals surface area contributed by atoms with Crippen molar-refractivity contribution in [3.63, 3.8) is 0 Å². The highest BCUT2D eigenvalue weighted by Gasteiger charge is 2.12. The van der Waals surface area contributed by atoms with Crippen LogP contribution in [-0.2, 0) is 0 Å². The Hall–Kier alpha value is -1.32. The fourth-order valence-corrected chi connectivity index (χ4v) is 2.84. The van der Waals surface area contributed by atoms with Crippen LogP contribution in [-0.4, -0.2) is 5.78 Å². The zero-order valence-electron chi connectivity index (χ0n) is 10.5. The predicted octanol–water partition coefficient (Wildman–Crippen LogP) is 5.14. The summed E-state index contributed by atoms with van der Waals surface area (Å²) in [5.74, 6) is -0.499. The van der Waals surface area contributed by atoms with Crippen LogP contribution in [0, 0.1) is 12.7 Å². The molecule has 0 radical (unpaired) electrons. The highest BCUT2D eigenvalue weighted by molar-refractivity contribution is 7.99. The Bertz CT molecular complexity index is 623. The molecule has 0 N–H and O–H groups in total. The van der Waals surface area contributed by atoms with Gasteiger partial charge >= 0.3 is 0 Å². The molecule has 0 amide bonds. The van der Waals surface area contributed by atoms with Crippen LogP contribution >= 0.6 is 23.4 Å². The Morgan fingerprint density at radius 2 is 1.84 bits per heavy atom. The first-order chi connectivity index (χ1) is 8.97. The van der Waals surface area contributed by atoms with Crippen LogP contribution in [0.25, 0.3) is 0 Å². The Labute approximate surface area is 120 Å². The molecule has 0 aliphatic heterocycles. The molecular formula is C15H12ClFOS. The molecule has 0 aliphatic rings. The van der Waals surface area contributed by atoms with Crippen LogP contribution in [0.4, 0.5) is 4.39 Å². The van der Waals surface area contributed by atoms with Crippen molar-refractivity contribution in [2.75, 3.05) is 0 Å². The number of Topliss-reactive ketones (excluding diaryl/α,β-unsaturated/α-hetero) is 1. The van der Waals surface area contributed by atoms with Crippen molar-refractivity contribution in [3.05, 3.63) is 58.4 Å². The molecule has 1 nitrogen and oxygen atoms in total. The topological polar surface area (TPSA) is 17.1 Å². The van der Waals surface area contributed by atoms with Gasteiger partial charge in [-0.25, -0.2) is 4.39 Å². The fourth-order valence-electron chi connectivity index (χ4n) is 1.64. The maximum absolute atomic E-state index is 13.5. The summed E-state index contributed by atoms with van der Waals surface area (Å²) in [6, 6.07) is 10.3. The Morgan fingerprint density at radius 1 is 1.21 bits per heavy atom. The Kier molecular flexibility index (Phi) is 4.27. The number of hydrogen-bond donors (Lipinski definition) is 0. The van der Waals surface area contributed by atoms with Crippen molar-refractivity contribution in [3.8, 4) is 0 Å². The molecule has 2 rings (SSSR count). The predicted molar refractivity (Wildman–Crippen MR) is 76.7 cm³/mol. The third-order valence-corrected chi connectivity index (χ3v) is 4.00. The molecule has 0 unspecified atom stereocenters. The quantitative estimate of drug-likeness (QED) is 0.729. The minimum atomic E-state index is -0.356. The van der Waals surface area contributed by atoms with E-state index in [1.807, 2.05) is 12.1 Å². The van der Waals surface area contributed by atoms with Crippen molar-refractivity contribution < 1.29 is 9.18 Å². The molecule has 98 valence electrons. The minimum Gasteiger partial charge on any atom is -0.294 e. The lowest BCUT2D eigenvalue weighted by atomic mass is 10.1. The largest absolute Gasteiger partial charge is 0.294 e. The summed E-state index contributed by atoms with van der Waals surface area (Å²) in [6.45, 7) is 3.13. The van der Waals surface area contributed by atoms with Crippen LogP contribution in [0.5, 0.6) is 0 Å². The zero-order valence-corrected chi connectivity index (χ0v) is 12.1. The summed E-state index contributed by atoms with van der Waals surface area (Å²) in [6.07, 6.45) is 0. The van der Waals surface area contributed by atoms with Gasteiger partial charge in [-0.05, 0) is 55.8 Å². The van der Waals surface area contributed by atoms with Crippen LogP contribution < -0.4 is 0 Å². The van der Waals surface area contributed by atoms with Crippen molar-refractivity contribution >= 4 is 29.1 Å². The SMILES string of the molecule is CC(=O)c1cc(F)c(C)cc1Sc1ccc(Cl)cc1. The fraction of sp³-hybridized carbons (Fsp3) is 0.133. The molecule has 0 heterocycles. The van der Waals surface area contributed by atoms with Gasteiger partial charge in [0.1, 0.15) is 5.82 Å². The third kappa shape index (κ3) is 3.37. The van der Waals surface area contributed by atoms with Crippen molar-refractivity contribution in [2.24, 2.45) is 0 Å². The third-order valence-electron chi connectivity index (χ3n) is 2.68. The van der Waals surface area contributed by atoms with Gasteiger partial charge in [0.15, 0.2) is 5.78 Å². The van der Waals surface area contributed by atoms with E-state index in [1.54, 1.807) is 25.1 Å². The van der Waals surface area contributed by atoms with Gasteiger partial charge in [-0.15, -0.1) is 0 Å². The molecule has 0 saturated carbocycles. The van der Waals surface area contributed by atoms with E-state index in [-0.39, 0.29) is 11.6 Å². The summed E-state index contributed by atoms with van der Waals surface area (Å²) in [4.78, 5) is 13.3. The van der Waals surface area contributed by atoms with Gasteiger partial charge in [0.2, 0.25) is 0 Å². The average molecular weight is 295 g/mol. The van der Waals surface area contributed by atoms with Crippen LogP contribution in [0.2, 0.25) is 5.02 Å². The number of benzene rings is 2. The lowest BCUT2D eigenvalue weighted by Gasteiger charge is -2.09. The van der Waals surface area contributed by atoms with Crippen LogP contribution in [0.1, 0.15) is 22.8 Å². The van der Waals surface area contributed by atoms with Gasteiger partial charge < -0.3 is 0 Å². The molecule has 0 saturated heterocycles. The monoisotopic (exact) mass is 294 g/mol. The molecule has 0 spiro atoms. The van der Waals surface area contributed by atoms with E-state index in [0.717, 1.165) is 9.79 Å². The first-order valence-corrected chi connectivity index (χ1v) is 6.91. The number of carbonyl (C=O) groups is 1. The van der Waals surface area contributed by atoms with E-state index < -0.39 is 0 Å². The standard InChI is InChI=1S/C15H12ClFOS/c1-9-7-15(13(10(2)18)8-14(9)17)19-12-5-3-11(16)4-6-12/h3-8H,1-2H3. The van der Waals surface area contributed by atoms with Crippen molar-refractivity contribution in [1.82, 2.24) is 0 Å². The normalized spacial score (nSPS) is 10.5. The van der Waals surface area contributed by atoms with Gasteiger partial charge in [-0.2, -0.15) is 0 Å². The lowest BCUT2D eigenvalue weighted by molar-refractivity contribution is 0.101. The molecule has 2 aromatic carbocycles. The highest BCUT2D eigenvalue weighted by atomic mass is 35.5. The van der Waals surface area contributed by atoms with Crippen LogP contribution in [0.3, 0.4) is 0 Å². The van der Waals surface area contributed by atoms with E-state index in [0.29, 0.717) is 16.1 Å². The Morgan fingerprint density at radius 3 is 2.42 bits per heavy atom. The van der Waals surface area contributed by atoms with Gasteiger partial charge in [0.05, 0.1) is 0 Å². The summed E-state index contributed by atoms with van der Waals surface area (Å²) in [5, 5.41) is 0.659. The van der Waals surface area contributed by atoms with E-state index in [1.165, 1.54) is 24.8 Å². The number of aryl methyl sites for hydroxylation is 1. The van der Waals surface area contributed by atoms with Gasteiger partial charge in [-0.1, -0.05) is 23.4 Å². The van der Waals surface area contributed by atoms with Gasteiger partial charge in [0.25, 0.3) is 0 Å². The highest BCUT2D eigenvalue weighted by Crippen LogP contribution is 2.33. The number of halogens is 2. The van der Waals surface area contributed by atoms with Gasteiger partial charge in [-0.3, -0.25) is 4.79 Å². The van der Waals surface area contributed by atoms with Crippen molar-refractivity contribution in [1.29, 1.82) is 0 Å². The molecule has 0 bridgehead atoms. The maximum atomic E-state index is 13.5. The zero-order chi connectivity index (χ0) is 14.0. The molecule has 19 heavy (non-hydrogen) atoms. The average Bonchev–Trinajstić information content (AvgIpc) is 2.36. The van der Waals surface area contributed by atoms with E-state index in [4.69, 9.17) is 11.6 Å². The number of hydrogen-bond acceptors (Lipinski definition) is 2. The molecule has 2 aromatic rings. The molecule has 0 atom stereocenters. The lowest BCUT2D eigenvalue weighted by Crippen LogP contribution is -1.98. The number of carbonyl (C=O) groups excluding carboxylic acids is 1. The summed E-state index contributed by atoms with van der Waals surface area (Å²) < 4.78 is 13.5. The smallest absolute Gasteiger partial charge is 0.161 e. The molecule has 0 aromatic heterocycles. The number of ketones is 1. The van der Waals surface area contributed by atoms with E-state index in [2.05, 4.69) is 0 Å². The summed E-state index contributed by atoms with van der Waals surface area (Å²) in [5.41, 5.74) is 0.935. The summed E-state index contributed by atoms with van der Waals surface area (Å²) in [7, 11) is 0. The molecule has 0 fully saturated rings. The second-order valence-electron chi connectivity index (χ2n) is 4.21. The molecule has 0 aliphatic carbocycles. The first-order valence-electron chi connectivity index (χ1n) is 5.72. The first kappa shape index (κ1) is 14.1.